The highest BCUT2D eigenvalue weighted by Crippen LogP contribution is 2.19. The molecule has 1 aromatic heterocycles. The molecule has 1 aliphatic heterocycles. The Labute approximate surface area is 163 Å². The normalized spacial score (nSPS) is 17.7. The molecule has 140 valence electrons. The number of halogens is 1. The van der Waals surface area contributed by atoms with Crippen molar-refractivity contribution in [1.29, 1.82) is 0 Å². The van der Waals surface area contributed by atoms with Crippen LogP contribution in [0.2, 0.25) is 0 Å². The van der Waals surface area contributed by atoms with Crippen LogP contribution in [-0.4, -0.2) is 58.2 Å². The number of nitrogens with one attached hydrogen (secondary N) is 1. The first-order valence-corrected chi connectivity index (χ1v) is 7.90. The fourth-order valence-corrected chi connectivity index (χ4v) is 2.89. The van der Waals surface area contributed by atoms with Gasteiger partial charge in [0, 0.05) is 33.1 Å². The number of piperidine rings is 1. The number of hydrogen-bond acceptors (Lipinski definition) is 5. The van der Waals surface area contributed by atoms with Gasteiger partial charge in [-0.15, -0.1) is 24.0 Å². The molecule has 1 aromatic rings. The van der Waals surface area contributed by atoms with Crippen LogP contribution in [0.15, 0.2) is 17.4 Å². The molecule has 0 spiro atoms. The van der Waals surface area contributed by atoms with Crippen molar-refractivity contribution in [3.63, 3.8) is 0 Å². The number of nitrogens with zero attached hydrogens (tertiary/aromatic N) is 5. The van der Waals surface area contributed by atoms with E-state index in [1.165, 1.54) is 17.1 Å². The topological polar surface area (TPSA) is 132 Å². The minimum Gasteiger partial charge on any atom is -0.370 e. The number of aliphatic imine (C=N–C) groups is 1. The second-order valence-corrected chi connectivity index (χ2v) is 5.82. The zero-order valence-electron chi connectivity index (χ0n) is 14.1. The van der Waals surface area contributed by atoms with Crippen molar-refractivity contribution in [3.05, 3.63) is 22.5 Å². The van der Waals surface area contributed by atoms with E-state index in [0.29, 0.717) is 19.5 Å². The van der Waals surface area contributed by atoms with Gasteiger partial charge in [0.2, 0.25) is 5.91 Å². The van der Waals surface area contributed by atoms with Gasteiger partial charge in [-0.25, -0.2) is 0 Å². The number of carbonyl (C=O) groups excluding carboxylic acids is 1. The quantitative estimate of drug-likeness (QED) is 0.208. The summed E-state index contributed by atoms with van der Waals surface area (Å²) < 4.78 is 1.52. The molecule has 0 saturated carbocycles. The minimum atomic E-state index is -0.470. The molecular weight excluding hydrogens is 441 g/mol. The predicted octanol–water partition coefficient (Wildman–Crippen LogP) is 0.572. The molecule has 1 amide bonds. The summed E-state index contributed by atoms with van der Waals surface area (Å²) in [4.78, 5) is 27.6. The van der Waals surface area contributed by atoms with E-state index in [1.54, 1.807) is 7.05 Å². The maximum Gasteiger partial charge on any atom is 0.306 e. The van der Waals surface area contributed by atoms with Crippen molar-refractivity contribution in [3.8, 4) is 0 Å². The Hall–Kier alpha value is -1.92. The van der Waals surface area contributed by atoms with Crippen molar-refractivity contribution in [2.24, 2.45) is 16.6 Å². The molecule has 3 N–H and O–H groups in total. The van der Waals surface area contributed by atoms with Crippen molar-refractivity contribution >= 4 is 41.5 Å². The number of rotatable bonds is 6. The van der Waals surface area contributed by atoms with E-state index in [0.717, 1.165) is 31.9 Å². The Bertz CT molecular complexity index is 619. The third-order valence-electron chi connectivity index (χ3n) is 3.97. The van der Waals surface area contributed by atoms with Crippen LogP contribution in [0.4, 0.5) is 5.69 Å². The van der Waals surface area contributed by atoms with E-state index < -0.39 is 4.92 Å². The van der Waals surface area contributed by atoms with Crippen LogP contribution in [0.5, 0.6) is 0 Å². The van der Waals surface area contributed by atoms with E-state index in [-0.39, 0.29) is 41.5 Å². The average Bonchev–Trinajstić information content (AvgIpc) is 3.00. The zero-order valence-corrected chi connectivity index (χ0v) is 16.5. The van der Waals surface area contributed by atoms with Gasteiger partial charge in [0.05, 0.1) is 11.5 Å². The fraction of sp³-hybridized carbons (Fsp3) is 0.643. The third-order valence-corrected chi connectivity index (χ3v) is 3.97. The first kappa shape index (κ1) is 21.1. The number of aromatic nitrogens is 2. The van der Waals surface area contributed by atoms with Gasteiger partial charge in [0.1, 0.15) is 12.4 Å². The molecule has 0 bridgehead atoms. The summed E-state index contributed by atoms with van der Waals surface area (Å²) in [7, 11) is 1.71. The van der Waals surface area contributed by atoms with Crippen LogP contribution in [-0.2, 0) is 11.3 Å². The van der Waals surface area contributed by atoms with Crippen LogP contribution in [0.1, 0.15) is 19.3 Å². The Morgan fingerprint density at radius 1 is 1.60 bits per heavy atom. The highest BCUT2D eigenvalue weighted by molar-refractivity contribution is 14.0. The predicted molar refractivity (Wildman–Crippen MR) is 104 cm³/mol. The number of primary amides is 1. The number of amides is 1. The number of carbonyl (C=O) groups is 1. The molecule has 11 heteroatoms. The molecule has 1 atom stereocenters. The summed E-state index contributed by atoms with van der Waals surface area (Å²) in [6.07, 6.45) is 5.00. The first-order valence-electron chi connectivity index (χ1n) is 7.90. The van der Waals surface area contributed by atoms with E-state index in [4.69, 9.17) is 5.73 Å². The van der Waals surface area contributed by atoms with Gasteiger partial charge in [-0.1, -0.05) is 0 Å². The van der Waals surface area contributed by atoms with Crippen molar-refractivity contribution in [1.82, 2.24) is 20.0 Å². The molecule has 1 unspecified atom stereocenters. The van der Waals surface area contributed by atoms with E-state index >= 15 is 0 Å². The minimum absolute atomic E-state index is 0. The smallest absolute Gasteiger partial charge is 0.306 e. The second kappa shape index (κ2) is 10.2. The molecule has 2 heterocycles. The van der Waals surface area contributed by atoms with Crippen LogP contribution >= 0.6 is 24.0 Å². The van der Waals surface area contributed by atoms with Crippen LogP contribution in [0.25, 0.3) is 0 Å². The highest BCUT2D eigenvalue weighted by atomic mass is 127. The van der Waals surface area contributed by atoms with E-state index in [1.807, 2.05) is 0 Å². The number of nitrogens with two attached hydrogens (primary N) is 1. The van der Waals surface area contributed by atoms with Gasteiger partial charge in [0.25, 0.3) is 0 Å². The Morgan fingerprint density at radius 2 is 2.36 bits per heavy atom. The van der Waals surface area contributed by atoms with Crippen LogP contribution in [0.3, 0.4) is 0 Å². The van der Waals surface area contributed by atoms with Gasteiger partial charge in [0.15, 0.2) is 5.96 Å². The molecule has 2 rings (SSSR count). The lowest BCUT2D eigenvalue weighted by Crippen LogP contribution is -2.47. The van der Waals surface area contributed by atoms with Gasteiger partial charge in [-0.3, -0.25) is 24.6 Å². The summed E-state index contributed by atoms with van der Waals surface area (Å²) >= 11 is 0. The van der Waals surface area contributed by atoms with Gasteiger partial charge < -0.3 is 16.0 Å². The van der Waals surface area contributed by atoms with Gasteiger partial charge in [-0.2, -0.15) is 5.10 Å². The second-order valence-electron chi connectivity index (χ2n) is 5.82. The Kier molecular flexibility index (Phi) is 8.58. The summed E-state index contributed by atoms with van der Waals surface area (Å²) in [5.41, 5.74) is 5.26. The maximum absolute atomic E-state index is 11.1. The summed E-state index contributed by atoms with van der Waals surface area (Å²) in [6, 6.07) is 0. The fourth-order valence-electron chi connectivity index (χ4n) is 2.89. The zero-order chi connectivity index (χ0) is 17.5. The molecule has 1 saturated heterocycles. The standard InChI is InChI=1S/C14H23N7O3.HI/c1-16-14(19-5-2-3-11(9-19)7-13(15)22)17-4-6-20-10-12(8-18-20)21(23)24;/h8,10-11H,2-7,9H2,1H3,(H2,15,22)(H,16,17);1H. The number of hydrogen-bond donors (Lipinski definition) is 2. The van der Waals surface area contributed by atoms with Crippen LogP contribution < -0.4 is 11.1 Å². The lowest BCUT2D eigenvalue weighted by Gasteiger charge is -2.34. The van der Waals surface area contributed by atoms with Crippen molar-refractivity contribution in [2.75, 3.05) is 26.7 Å². The lowest BCUT2D eigenvalue weighted by molar-refractivity contribution is -0.385. The third kappa shape index (κ3) is 6.48. The SMILES string of the molecule is CN=C(NCCn1cc([N+](=O)[O-])cn1)N1CCCC(CC(N)=O)C1.I. The molecule has 10 nitrogen and oxygen atoms in total. The first-order chi connectivity index (χ1) is 11.5. The largest absolute Gasteiger partial charge is 0.370 e. The van der Waals surface area contributed by atoms with Gasteiger partial charge in [-0.05, 0) is 18.8 Å². The Balaban J connectivity index is 0.00000312. The van der Waals surface area contributed by atoms with Gasteiger partial charge >= 0.3 is 5.69 Å². The summed E-state index contributed by atoms with van der Waals surface area (Å²) in [5, 5.41) is 17.8. The molecular formula is C14H24IN7O3. The van der Waals surface area contributed by atoms with E-state index in [2.05, 4.69) is 20.3 Å². The monoisotopic (exact) mass is 465 g/mol. The van der Waals surface area contributed by atoms with E-state index in [9.17, 15) is 14.9 Å². The molecule has 1 fully saturated rings. The number of nitro groups is 1. The Morgan fingerprint density at radius 3 is 2.96 bits per heavy atom. The molecule has 0 aromatic carbocycles. The van der Waals surface area contributed by atoms with Crippen molar-refractivity contribution < 1.29 is 9.72 Å². The summed E-state index contributed by atoms with van der Waals surface area (Å²) in [5.74, 6) is 0.736. The maximum atomic E-state index is 11.1. The van der Waals surface area contributed by atoms with Crippen LogP contribution in [0, 0.1) is 16.0 Å². The van der Waals surface area contributed by atoms with Crippen molar-refractivity contribution in [2.45, 2.75) is 25.8 Å². The molecule has 1 aliphatic rings. The highest BCUT2D eigenvalue weighted by Gasteiger charge is 2.23. The summed E-state index contributed by atoms with van der Waals surface area (Å²) in [6.45, 7) is 2.66. The number of likely N-dealkylation sites (tertiary alicyclic amines) is 1. The molecule has 0 radical (unpaired) electrons. The lowest BCUT2D eigenvalue weighted by atomic mass is 9.95. The number of guanidine groups is 1. The molecule has 25 heavy (non-hydrogen) atoms. The average molecular weight is 465 g/mol. The molecule has 0 aliphatic carbocycles.